The van der Waals surface area contributed by atoms with Gasteiger partial charge in [0, 0.05) is 24.9 Å². The maximum atomic E-state index is 10.6. The first-order chi connectivity index (χ1) is 11.2. The van der Waals surface area contributed by atoms with Crippen LogP contribution in [0, 0.1) is 5.92 Å². The second kappa shape index (κ2) is 8.84. The average molecular weight is 320 g/mol. The van der Waals surface area contributed by atoms with Crippen molar-refractivity contribution in [2.24, 2.45) is 10.9 Å². The van der Waals surface area contributed by atoms with E-state index in [9.17, 15) is 4.79 Å². The van der Waals surface area contributed by atoms with E-state index in [0.717, 1.165) is 18.2 Å². The summed E-state index contributed by atoms with van der Waals surface area (Å²) in [6, 6.07) is 0.822. The van der Waals surface area contributed by atoms with Crippen molar-refractivity contribution in [3.8, 4) is 0 Å². The Hall–Kier alpha value is -1.66. The van der Waals surface area contributed by atoms with Gasteiger partial charge >= 0.3 is 0 Å². The highest BCUT2D eigenvalue weighted by Crippen LogP contribution is 2.26. The molecule has 0 amide bonds. The maximum absolute atomic E-state index is 10.6. The van der Waals surface area contributed by atoms with E-state index >= 15 is 0 Å². The molecule has 3 aliphatic rings. The smallest absolute Gasteiger partial charge is 0.216 e. The molecule has 2 heterocycles. The third-order valence-electron chi connectivity index (χ3n) is 4.72. The first kappa shape index (κ1) is 17.7. The summed E-state index contributed by atoms with van der Waals surface area (Å²) < 4.78 is 4.95. The Balaban J connectivity index is 0.000000174. The maximum Gasteiger partial charge on any atom is 0.216 e. The summed E-state index contributed by atoms with van der Waals surface area (Å²) in [7, 11) is 3.62. The second-order valence-electron chi connectivity index (χ2n) is 6.06. The van der Waals surface area contributed by atoms with E-state index in [1.165, 1.54) is 32.1 Å². The van der Waals surface area contributed by atoms with Crippen molar-refractivity contribution < 1.29 is 9.53 Å². The number of fused-ring (bicyclic) bond motifs is 1. The molecular formula is C17H28N4O2. The summed E-state index contributed by atoms with van der Waals surface area (Å²) in [4.78, 5) is 14.7. The zero-order valence-corrected chi connectivity index (χ0v) is 14.3. The fraction of sp³-hybridized carbons (Fsp3) is 0.647. The van der Waals surface area contributed by atoms with Gasteiger partial charge in [0.05, 0.1) is 12.7 Å². The van der Waals surface area contributed by atoms with Crippen molar-refractivity contribution in [2.45, 2.75) is 45.1 Å². The van der Waals surface area contributed by atoms with Crippen LogP contribution in [0.15, 0.2) is 28.7 Å². The van der Waals surface area contributed by atoms with Gasteiger partial charge in [0.1, 0.15) is 0 Å². The molecule has 0 atom stereocenters. The van der Waals surface area contributed by atoms with Crippen molar-refractivity contribution in [1.82, 2.24) is 15.8 Å². The summed E-state index contributed by atoms with van der Waals surface area (Å²) in [6.45, 7) is 2.83. The van der Waals surface area contributed by atoms with E-state index in [1.54, 1.807) is 24.4 Å². The van der Waals surface area contributed by atoms with Gasteiger partial charge < -0.3 is 10.1 Å². The summed E-state index contributed by atoms with van der Waals surface area (Å²) in [5.41, 5.74) is 3.62. The van der Waals surface area contributed by atoms with Crippen LogP contribution in [0.25, 0.3) is 0 Å². The second-order valence-corrected chi connectivity index (χ2v) is 6.06. The molecule has 1 fully saturated rings. The number of hydrogen-bond donors (Lipinski definition) is 2. The predicted octanol–water partition coefficient (Wildman–Crippen LogP) is 1.96. The minimum Gasteiger partial charge on any atom is -0.481 e. The van der Waals surface area contributed by atoms with Crippen molar-refractivity contribution >= 4 is 12.2 Å². The summed E-state index contributed by atoms with van der Waals surface area (Å²) in [5, 5.41) is 5.05. The Morgan fingerprint density at radius 3 is 2.74 bits per heavy atom. The number of rotatable bonds is 3. The van der Waals surface area contributed by atoms with Crippen molar-refractivity contribution in [3.05, 3.63) is 23.7 Å². The summed E-state index contributed by atoms with van der Waals surface area (Å²) in [5.74, 6) is 2.16. The topological polar surface area (TPSA) is 66.0 Å². The summed E-state index contributed by atoms with van der Waals surface area (Å²) >= 11 is 0. The molecule has 0 saturated heterocycles. The number of ether oxygens (including phenoxy) is 1. The van der Waals surface area contributed by atoms with Gasteiger partial charge in [-0.25, -0.2) is 5.43 Å². The van der Waals surface area contributed by atoms with Crippen LogP contribution in [0.4, 0.5) is 0 Å². The molecular weight excluding hydrogens is 292 g/mol. The highest BCUT2D eigenvalue weighted by molar-refractivity contribution is 5.90. The first-order valence-corrected chi connectivity index (χ1v) is 8.41. The van der Waals surface area contributed by atoms with Crippen LogP contribution in [-0.2, 0) is 9.53 Å². The lowest BCUT2D eigenvalue weighted by Gasteiger charge is -2.27. The number of nitrogens with zero attached hydrogens (tertiary/aromatic N) is 2. The van der Waals surface area contributed by atoms with E-state index in [4.69, 9.17) is 4.74 Å². The minimum absolute atomic E-state index is 0.509. The van der Waals surface area contributed by atoms with Crippen molar-refractivity contribution in [1.29, 1.82) is 0 Å². The first-order valence-electron chi connectivity index (χ1n) is 8.41. The van der Waals surface area contributed by atoms with Gasteiger partial charge in [-0.1, -0.05) is 13.3 Å². The quantitative estimate of drug-likeness (QED) is 0.778. The average Bonchev–Trinajstić information content (AvgIpc) is 3.04. The predicted molar refractivity (Wildman–Crippen MR) is 91.6 cm³/mol. The summed E-state index contributed by atoms with van der Waals surface area (Å²) in [6.07, 6.45) is 11.4. The minimum atomic E-state index is 0.509. The lowest BCUT2D eigenvalue weighted by molar-refractivity contribution is -0.104. The highest BCUT2D eigenvalue weighted by atomic mass is 16.5. The van der Waals surface area contributed by atoms with Crippen LogP contribution in [0.1, 0.15) is 39.0 Å². The van der Waals surface area contributed by atoms with E-state index in [0.29, 0.717) is 23.8 Å². The lowest BCUT2D eigenvalue weighted by Crippen LogP contribution is -2.29. The Bertz CT molecular complexity index is 479. The molecule has 0 aromatic carbocycles. The Morgan fingerprint density at radius 2 is 2.17 bits per heavy atom. The molecule has 6 heteroatoms. The number of aliphatic imine (C=N–C) groups is 1. The molecule has 0 bridgehead atoms. The Morgan fingerprint density at radius 1 is 1.43 bits per heavy atom. The number of methoxy groups -OCH3 is 1. The number of nitrogens with one attached hydrogen (secondary N) is 2. The molecule has 0 radical (unpaired) electrons. The van der Waals surface area contributed by atoms with Gasteiger partial charge in [-0.2, -0.15) is 4.99 Å². The van der Waals surface area contributed by atoms with Crippen molar-refractivity contribution in [2.75, 3.05) is 20.7 Å². The highest BCUT2D eigenvalue weighted by Gasteiger charge is 2.22. The standard InChI is InChI=1S/C9H19N.C8H9N3O2/c1-3-8-4-6-9(10-2)7-5-8;1-13-7-2-3-11-8(10-7)6(5-12)4-9-11/h8-10H,3-7H2,1-2H3;2-3,5,9H,4H2,1H3. The van der Waals surface area contributed by atoms with Gasteiger partial charge in [-0.15, -0.1) is 0 Å². The largest absolute Gasteiger partial charge is 0.481 e. The van der Waals surface area contributed by atoms with Crippen LogP contribution in [0.3, 0.4) is 0 Å². The zero-order valence-electron chi connectivity index (χ0n) is 14.3. The van der Waals surface area contributed by atoms with E-state index in [-0.39, 0.29) is 0 Å². The fourth-order valence-corrected chi connectivity index (χ4v) is 3.08. The monoisotopic (exact) mass is 320 g/mol. The molecule has 6 nitrogen and oxygen atoms in total. The van der Waals surface area contributed by atoms with Gasteiger partial charge in [-0.05, 0) is 38.6 Å². The molecule has 2 N–H and O–H groups in total. The number of carbonyl (C=O) groups is 1. The van der Waals surface area contributed by atoms with Crippen LogP contribution < -0.4 is 10.7 Å². The number of carbonyl (C=O) groups excluding carboxylic acids is 1. The molecule has 1 aliphatic carbocycles. The van der Waals surface area contributed by atoms with E-state index in [2.05, 4.69) is 29.7 Å². The van der Waals surface area contributed by atoms with Gasteiger partial charge in [0.2, 0.25) is 5.90 Å². The third-order valence-corrected chi connectivity index (χ3v) is 4.72. The Labute approximate surface area is 138 Å². The van der Waals surface area contributed by atoms with Crippen LogP contribution in [0.5, 0.6) is 0 Å². The molecule has 0 spiro atoms. The molecule has 0 aromatic heterocycles. The molecule has 1 saturated carbocycles. The molecule has 3 rings (SSSR count). The SMILES string of the molecule is CCC1CCC(NC)CC1.COC1=NC2=C(C=O)CNN2C=C1. The molecule has 0 unspecified atom stereocenters. The molecule has 128 valence electrons. The third kappa shape index (κ3) is 4.65. The fourth-order valence-electron chi connectivity index (χ4n) is 3.08. The van der Waals surface area contributed by atoms with Gasteiger partial charge in [0.15, 0.2) is 12.1 Å². The van der Waals surface area contributed by atoms with Crippen LogP contribution >= 0.6 is 0 Å². The number of aldehydes is 1. The molecule has 0 aromatic rings. The van der Waals surface area contributed by atoms with Gasteiger partial charge in [-0.3, -0.25) is 9.80 Å². The lowest BCUT2D eigenvalue weighted by atomic mass is 9.85. The van der Waals surface area contributed by atoms with E-state index < -0.39 is 0 Å². The van der Waals surface area contributed by atoms with Crippen LogP contribution in [0.2, 0.25) is 0 Å². The Kier molecular flexibility index (Phi) is 6.80. The molecule has 2 aliphatic heterocycles. The number of hydrazine groups is 1. The van der Waals surface area contributed by atoms with Crippen molar-refractivity contribution in [3.63, 3.8) is 0 Å². The van der Waals surface area contributed by atoms with E-state index in [1.807, 2.05) is 0 Å². The number of hydrogen-bond acceptors (Lipinski definition) is 6. The normalized spacial score (nSPS) is 26.2. The van der Waals surface area contributed by atoms with Gasteiger partial charge in [0.25, 0.3) is 0 Å². The van der Waals surface area contributed by atoms with Crippen LogP contribution in [-0.4, -0.2) is 43.9 Å². The zero-order chi connectivity index (χ0) is 16.7. The molecule has 23 heavy (non-hydrogen) atoms.